The van der Waals surface area contributed by atoms with Crippen molar-refractivity contribution in [2.45, 2.75) is 6.42 Å². The molecule has 1 saturated carbocycles. The smallest absolute Gasteiger partial charge is 0.307 e. The van der Waals surface area contributed by atoms with Crippen molar-refractivity contribution in [3.8, 4) is 0 Å². The van der Waals surface area contributed by atoms with Crippen molar-refractivity contribution in [1.82, 2.24) is 15.1 Å². The Morgan fingerprint density at radius 2 is 1.95 bits per heavy atom. The lowest BCUT2D eigenvalue weighted by molar-refractivity contribution is -0.142. The van der Waals surface area contributed by atoms with Gasteiger partial charge in [-0.1, -0.05) is 0 Å². The molecule has 0 aromatic carbocycles. The highest BCUT2D eigenvalue weighted by Gasteiger charge is 2.50. The Hall–Kier alpha value is -2.18. The number of rotatable bonds is 3. The first kappa shape index (κ1) is 12.8. The molecule has 7 heteroatoms. The maximum absolute atomic E-state index is 12.1. The summed E-state index contributed by atoms with van der Waals surface area (Å²) in [6.07, 6.45) is 2.11. The van der Waals surface area contributed by atoms with Crippen molar-refractivity contribution < 1.29 is 14.7 Å². The summed E-state index contributed by atoms with van der Waals surface area (Å²) in [6.45, 7) is 2.63. The van der Waals surface area contributed by atoms with Crippen LogP contribution in [-0.2, 0) is 9.59 Å². The van der Waals surface area contributed by atoms with Crippen LogP contribution >= 0.6 is 0 Å². The van der Waals surface area contributed by atoms with E-state index in [2.05, 4.69) is 15.1 Å². The summed E-state index contributed by atoms with van der Waals surface area (Å²) in [6, 6.07) is 3.73. The number of aliphatic carboxylic acids is 1. The molecule has 2 aliphatic rings. The number of nitrogens with zero attached hydrogens (tertiary/aromatic N) is 4. The Bertz CT molecular complexity index is 514. The van der Waals surface area contributed by atoms with Crippen LogP contribution in [-0.4, -0.2) is 58.3 Å². The van der Waals surface area contributed by atoms with E-state index in [1.54, 1.807) is 11.1 Å². The topological polar surface area (TPSA) is 86.6 Å². The van der Waals surface area contributed by atoms with E-state index in [-0.39, 0.29) is 11.8 Å². The molecule has 1 N–H and O–H groups in total. The molecule has 0 spiro atoms. The summed E-state index contributed by atoms with van der Waals surface area (Å²) >= 11 is 0. The molecule has 0 radical (unpaired) electrons. The molecule has 1 aliphatic carbocycles. The summed E-state index contributed by atoms with van der Waals surface area (Å²) in [5, 5.41) is 16.8. The van der Waals surface area contributed by atoms with Gasteiger partial charge in [-0.15, -0.1) is 5.10 Å². The Morgan fingerprint density at radius 1 is 1.20 bits per heavy atom. The van der Waals surface area contributed by atoms with Crippen LogP contribution in [0.1, 0.15) is 6.42 Å². The normalized spacial score (nSPS) is 25.4. The summed E-state index contributed by atoms with van der Waals surface area (Å²) in [7, 11) is 0. The van der Waals surface area contributed by atoms with Gasteiger partial charge in [-0.25, -0.2) is 0 Å². The standard InChI is InChI=1S/C13H16N4O3/c18-12(9-8-10(9)13(19)20)17-6-4-16(5-7-17)11-2-1-3-14-15-11/h1-3,9-10H,4-8H2,(H,19,20). The molecule has 106 valence electrons. The Balaban J connectivity index is 1.54. The Labute approximate surface area is 116 Å². The maximum Gasteiger partial charge on any atom is 0.307 e. The highest BCUT2D eigenvalue weighted by Crippen LogP contribution is 2.40. The van der Waals surface area contributed by atoms with E-state index in [1.165, 1.54) is 0 Å². The molecule has 2 heterocycles. The van der Waals surface area contributed by atoms with Crippen LogP contribution in [0, 0.1) is 11.8 Å². The molecule has 20 heavy (non-hydrogen) atoms. The molecule has 2 fully saturated rings. The molecular formula is C13H16N4O3. The summed E-state index contributed by atoms with van der Waals surface area (Å²) < 4.78 is 0. The molecular weight excluding hydrogens is 260 g/mol. The van der Waals surface area contributed by atoms with E-state index < -0.39 is 11.9 Å². The summed E-state index contributed by atoms with van der Waals surface area (Å²) in [5.74, 6) is -0.844. The lowest BCUT2D eigenvalue weighted by atomic mass is 10.2. The van der Waals surface area contributed by atoms with Gasteiger partial charge in [-0.3, -0.25) is 9.59 Å². The zero-order valence-electron chi connectivity index (χ0n) is 11.0. The fourth-order valence-electron chi connectivity index (χ4n) is 2.59. The van der Waals surface area contributed by atoms with Crippen LogP contribution in [0.3, 0.4) is 0 Å². The SMILES string of the molecule is O=C(O)C1CC1C(=O)N1CCN(c2cccnn2)CC1. The third-order valence-electron chi connectivity index (χ3n) is 3.90. The first-order valence-corrected chi connectivity index (χ1v) is 6.71. The average Bonchev–Trinajstić information content (AvgIpc) is 3.28. The second-order valence-electron chi connectivity index (χ2n) is 5.18. The second kappa shape index (κ2) is 5.07. The van der Waals surface area contributed by atoms with Crippen LogP contribution in [0.4, 0.5) is 5.82 Å². The fourth-order valence-corrected chi connectivity index (χ4v) is 2.59. The molecule has 1 saturated heterocycles. The van der Waals surface area contributed by atoms with Crippen LogP contribution in [0.15, 0.2) is 18.3 Å². The highest BCUT2D eigenvalue weighted by molar-refractivity contribution is 5.89. The lowest BCUT2D eigenvalue weighted by Crippen LogP contribution is -2.49. The van der Waals surface area contributed by atoms with Crippen molar-refractivity contribution in [1.29, 1.82) is 0 Å². The number of carboxylic acids is 1. The minimum atomic E-state index is -0.860. The van der Waals surface area contributed by atoms with Gasteiger partial charge in [0.25, 0.3) is 0 Å². The van der Waals surface area contributed by atoms with Crippen molar-refractivity contribution in [3.63, 3.8) is 0 Å². The first-order chi connectivity index (χ1) is 9.66. The van der Waals surface area contributed by atoms with Crippen molar-refractivity contribution in [3.05, 3.63) is 18.3 Å². The van der Waals surface area contributed by atoms with Gasteiger partial charge in [0.2, 0.25) is 5.91 Å². The number of aromatic nitrogens is 2. The lowest BCUT2D eigenvalue weighted by Gasteiger charge is -2.35. The number of carbonyl (C=O) groups excluding carboxylic acids is 1. The van der Waals surface area contributed by atoms with Gasteiger partial charge in [0.05, 0.1) is 11.8 Å². The van der Waals surface area contributed by atoms with Crippen LogP contribution < -0.4 is 4.90 Å². The van der Waals surface area contributed by atoms with E-state index in [4.69, 9.17) is 5.11 Å². The maximum atomic E-state index is 12.1. The minimum Gasteiger partial charge on any atom is -0.481 e. The molecule has 0 bridgehead atoms. The molecule has 1 amide bonds. The van der Waals surface area contributed by atoms with Crippen LogP contribution in [0.25, 0.3) is 0 Å². The van der Waals surface area contributed by atoms with Gasteiger partial charge < -0.3 is 14.9 Å². The second-order valence-corrected chi connectivity index (χ2v) is 5.18. The fraction of sp³-hybridized carbons (Fsp3) is 0.538. The Kier molecular flexibility index (Phi) is 3.25. The summed E-state index contributed by atoms with van der Waals surface area (Å²) in [5.41, 5.74) is 0. The number of piperazine rings is 1. The third kappa shape index (κ3) is 2.43. The zero-order valence-corrected chi connectivity index (χ0v) is 11.0. The number of carboxylic acid groups (broad SMARTS) is 1. The van der Waals surface area contributed by atoms with E-state index in [1.807, 2.05) is 12.1 Å². The molecule has 3 rings (SSSR count). The Morgan fingerprint density at radius 3 is 2.50 bits per heavy atom. The van der Waals surface area contributed by atoms with E-state index in [0.717, 1.165) is 5.82 Å². The number of anilines is 1. The number of hydrogen-bond acceptors (Lipinski definition) is 5. The zero-order chi connectivity index (χ0) is 14.1. The molecule has 1 aromatic rings. The quantitative estimate of drug-likeness (QED) is 0.826. The highest BCUT2D eigenvalue weighted by atomic mass is 16.4. The molecule has 2 unspecified atom stereocenters. The third-order valence-corrected chi connectivity index (χ3v) is 3.90. The molecule has 1 aliphatic heterocycles. The van der Waals surface area contributed by atoms with Crippen molar-refractivity contribution in [2.75, 3.05) is 31.1 Å². The molecule has 7 nitrogen and oxygen atoms in total. The van der Waals surface area contributed by atoms with Gasteiger partial charge in [0.15, 0.2) is 5.82 Å². The minimum absolute atomic E-state index is 0.0174. The van der Waals surface area contributed by atoms with Crippen molar-refractivity contribution in [2.24, 2.45) is 11.8 Å². The molecule has 2 atom stereocenters. The predicted octanol–water partition coefficient (Wildman–Crippen LogP) is -0.154. The molecule has 1 aromatic heterocycles. The van der Waals surface area contributed by atoms with Gasteiger partial charge in [-0.05, 0) is 18.6 Å². The van der Waals surface area contributed by atoms with Crippen LogP contribution in [0.5, 0.6) is 0 Å². The van der Waals surface area contributed by atoms with E-state index in [9.17, 15) is 9.59 Å². The first-order valence-electron chi connectivity index (χ1n) is 6.71. The number of hydrogen-bond donors (Lipinski definition) is 1. The largest absolute Gasteiger partial charge is 0.481 e. The monoisotopic (exact) mass is 276 g/mol. The van der Waals surface area contributed by atoms with E-state index >= 15 is 0 Å². The average molecular weight is 276 g/mol. The van der Waals surface area contributed by atoms with Gasteiger partial charge in [0, 0.05) is 32.4 Å². The predicted molar refractivity (Wildman–Crippen MR) is 70.1 cm³/mol. The van der Waals surface area contributed by atoms with Crippen LogP contribution in [0.2, 0.25) is 0 Å². The van der Waals surface area contributed by atoms with E-state index in [0.29, 0.717) is 32.6 Å². The van der Waals surface area contributed by atoms with Gasteiger partial charge >= 0.3 is 5.97 Å². The van der Waals surface area contributed by atoms with Gasteiger partial charge in [-0.2, -0.15) is 5.10 Å². The number of amides is 1. The van der Waals surface area contributed by atoms with Crippen molar-refractivity contribution >= 4 is 17.7 Å². The van der Waals surface area contributed by atoms with Gasteiger partial charge in [0.1, 0.15) is 0 Å². The number of carbonyl (C=O) groups is 2. The summed E-state index contributed by atoms with van der Waals surface area (Å²) in [4.78, 5) is 26.8.